The van der Waals surface area contributed by atoms with Gasteiger partial charge in [0.1, 0.15) is 12.2 Å². The van der Waals surface area contributed by atoms with E-state index in [9.17, 15) is 0 Å². The van der Waals surface area contributed by atoms with Gasteiger partial charge in [-0.05, 0) is 18.2 Å². The van der Waals surface area contributed by atoms with E-state index >= 15 is 0 Å². The average molecular weight is 274 g/mol. The normalized spacial score (nSPS) is 31.1. The van der Waals surface area contributed by atoms with Gasteiger partial charge in [-0.1, -0.05) is 18.2 Å². The minimum absolute atomic E-state index is 0.0747. The highest BCUT2D eigenvalue weighted by atomic mass is 16.8. The zero-order chi connectivity index (χ0) is 14.2. The number of rotatable bonds is 4. The fraction of sp³-hybridized carbons (Fsp3) is 0.375. The molecule has 106 valence electrons. The zero-order valence-electron chi connectivity index (χ0n) is 11.7. The molecule has 1 fully saturated rings. The van der Waals surface area contributed by atoms with Crippen molar-refractivity contribution in [1.82, 2.24) is 0 Å². The molecule has 4 heteroatoms. The molecule has 3 atom stereocenters. The van der Waals surface area contributed by atoms with Gasteiger partial charge in [0, 0.05) is 12.0 Å². The van der Waals surface area contributed by atoms with E-state index in [1.165, 1.54) is 0 Å². The molecule has 1 aromatic rings. The topological polar surface area (TPSA) is 36.9 Å². The van der Waals surface area contributed by atoms with E-state index in [2.05, 4.69) is 12.7 Å². The first-order valence-electron chi connectivity index (χ1n) is 6.60. The Balaban J connectivity index is 2.00. The second kappa shape index (κ2) is 4.96. The highest BCUT2D eigenvalue weighted by Crippen LogP contribution is 2.46. The monoisotopic (exact) mass is 274 g/mol. The molecule has 3 rings (SSSR count). The standard InChI is InChI=1S/C16H18O4/c1-4-12-14-6-5-9-16(19-12,20-14)11-7-8-13(17-2)15(10-11)18-3/h4-8,10,12,14H,1,9H2,2-3H3/t12-,14-,16-/m1/s1. The third kappa shape index (κ3) is 1.92. The van der Waals surface area contributed by atoms with Crippen molar-refractivity contribution in [3.8, 4) is 11.5 Å². The number of hydrogen-bond donors (Lipinski definition) is 0. The first-order chi connectivity index (χ1) is 9.72. The van der Waals surface area contributed by atoms with Crippen LogP contribution in [0, 0.1) is 0 Å². The van der Waals surface area contributed by atoms with Crippen LogP contribution >= 0.6 is 0 Å². The van der Waals surface area contributed by atoms with Gasteiger partial charge in [-0.3, -0.25) is 0 Å². The lowest BCUT2D eigenvalue weighted by atomic mass is 10.00. The molecule has 2 aliphatic rings. The van der Waals surface area contributed by atoms with Gasteiger partial charge in [-0.2, -0.15) is 0 Å². The molecule has 0 spiro atoms. The summed E-state index contributed by atoms with van der Waals surface area (Å²) in [4.78, 5) is 0. The van der Waals surface area contributed by atoms with E-state index in [1.54, 1.807) is 20.3 Å². The lowest BCUT2D eigenvalue weighted by molar-refractivity contribution is -0.178. The minimum atomic E-state index is -0.752. The zero-order valence-corrected chi connectivity index (χ0v) is 11.7. The molecular formula is C16H18O4. The maximum atomic E-state index is 6.08. The maximum Gasteiger partial charge on any atom is 0.200 e. The van der Waals surface area contributed by atoms with Gasteiger partial charge in [0.2, 0.25) is 0 Å². The Labute approximate surface area is 118 Å². The summed E-state index contributed by atoms with van der Waals surface area (Å²) in [5.74, 6) is 0.603. The van der Waals surface area contributed by atoms with Gasteiger partial charge in [0.15, 0.2) is 17.3 Å². The van der Waals surface area contributed by atoms with E-state index in [1.807, 2.05) is 24.3 Å². The third-order valence-corrected chi connectivity index (χ3v) is 3.74. The van der Waals surface area contributed by atoms with Crippen LogP contribution in [0.2, 0.25) is 0 Å². The lowest BCUT2D eigenvalue weighted by Crippen LogP contribution is -2.29. The number of hydrogen-bond acceptors (Lipinski definition) is 4. The highest BCUT2D eigenvalue weighted by Gasteiger charge is 2.48. The van der Waals surface area contributed by atoms with Crippen molar-refractivity contribution in [3.63, 3.8) is 0 Å². The third-order valence-electron chi connectivity index (χ3n) is 3.74. The summed E-state index contributed by atoms with van der Waals surface area (Å²) in [6, 6.07) is 5.72. The van der Waals surface area contributed by atoms with Crippen molar-refractivity contribution in [2.45, 2.75) is 24.4 Å². The van der Waals surface area contributed by atoms with Crippen molar-refractivity contribution in [1.29, 1.82) is 0 Å². The number of fused-ring (bicyclic) bond motifs is 2. The summed E-state index contributed by atoms with van der Waals surface area (Å²) in [7, 11) is 3.23. The predicted molar refractivity (Wildman–Crippen MR) is 74.9 cm³/mol. The molecule has 1 saturated heterocycles. The maximum absolute atomic E-state index is 6.08. The Morgan fingerprint density at radius 2 is 2.05 bits per heavy atom. The number of ether oxygens (including phenoxy) is 4. The van der Waals surface area contributed by atoms with Crippen LogP contribution in [-0.2, 0) is 15.3 Å². The van der Waals surface area contributed by atoms with E-state index in [4.69, 9.17) is 18.9 Å². The molecule has 0 aromatic heterocycles. The fourth-order valence-corrected chi connectivity index (χ4v) is 2.71. The van der Waals surface area contributed by atoms with Gasteiger partial charge >= 0.3 is 0 Å². The van der Waals surface area contributed by atoms with E-state index < -0.39 is 5.79 Å². The molecule has 4 nitrogen and oxygen atoms in total. The predicted octanol–water partition coefficient (Wildman–Crippen LogP) is 2.79. The van der Waals surface area contributed by atoms with Crippen molar-refractivity contribution >= 4 is 0 Å². The van der Waals surface area contributed by atoms with Crippen LogP contribution in [0.5, 0.6) is 11.5 Å². The summed E-state index contributed by atoms with van der Waals surface area (Å²) in [5.41, 5.74) is 0.925. The first kappa shape index (κ1) is 13.2. The Bertz CT molecular complexity index is 551. The quantitative estimate of drug-likeness (QED) is 0.791. The summed E-state index contributed by atoms with van der Waals surface area (Å²) < 4.78 is 22.8. The SMILES string of the molecule is C=C[C@H]1O[C@]2(c3ccc(OC)c(OC)c3)CC=C[C@H]1O2. The molecule has 0 radical (unpaired) electrons. The molecule has 0 aliphatic carbocycles. The van der Waals surface area contributed by atoms with Crippen LogP contribution in [0.25, 0.3) is 0 Å². The van der Waals surface area contributed by atoms with Gasteiger partial charge in [-0.25, -0.2) is 0 Å². The Kier molecular flexibility index (Phi) is 3.28. The Hall–Kier alpha value is -1.78. The smallest absolute Gasteiger partial charge is 0.200 e. The van der Waals surface area contributed by atoms with Crippen LogP contribution in [0.3, 0.4) is 0 Å². The molecule has 0 unspecified atom stereocenters. The van der Waals surface area contributed by atoms with E-state index in [0.29, 0.717) is 17.9 Å². The second-order valence-electron chi connectivity index (χ2n) is 4.86. The molecule has 2 aliphatic heterocycles. The van der Waals surface area contributed by atoms with Crippen LogP contribution < -0.4 is 9.47 Å². The van der Waals surface area contributed by atoms with E-state index in [-0.39, 0.29) is 12.2 Å². The minimum Gasteiger partial charge on any atom is -0.493 e. The molecule has 2 bridgehead atoms. The van der Waals surface area contributed by atoms with E-state index in [0.717, 1.165) is 5.56 Å². The van der Waals surface area contributed by atoms with Crippen LogP contribution in [0.1, 0.15) is 12.0 Å². The van der Waals surface area contributed by atoms with Crippen LogP contribution in [-0.4, -0.2) is 26.4 Å². The molecule has 1 aromatic carbocycles. The average Bonchev–Trinajstić information content (AvgIpc) is 2.77. The van der Waals surface area contributed by atoms with Crippen LogP contribution in [0.4, 0.5) is 0 Å². The van der Waals surface area contributed by atoms with Gasteiger partial charge in [-0.15, -0.1) is 6.58 Å². The molecule has 20 heavy (non-hydrogen) atoms. The van der Waals surface area contributed by atoms with Crippen molar-refractivity contribution in [3.05, 3.63) is 48.6 Å². The summed E-state index contributed by atoms with van der Waals surface area (Å²) in [6.07, 6.45) is 6.37. The van der Waals surface area contributed by atoms with Gasteiger partial charge < -0.3 is 18.9 Å². The van der Waals surface area contributed by atoms with Crippen LogP contribution in [0.15, 0.2) is 43.0 Å². The molecule has 2 heterocycles. The highest BCUT2D eigenvalue weighted by molar-refractivity contribution is 5.45. The summed E-state index contributed by atoms with van der Waals surface area (Å²) >= 11 is 0. The Morgan fingerprint density at radius 1 is 1.25 bits per heavy atom. The lowest BCUT2D eigenvalue weighted by Gasteiger charge is -2.29. The Morgan fingerprint density at radius 3 is 2.75 bits per heavy atom. The molecule has 0 N–H and O–H groups in total. The summed E-state index contributed by atoms with van der Waals surface area (Å²) in [5, 5.41) is 0. The summed E-state index contributed by atoms with van der Waals surface area (Å²) in [6.45, 7) is 3.81. The number of benzene rings is 1. The number of methoxy groups -OCH3 is 2. The second-order valence-corrected chi connectivity index (χ2v) is 4.86. The first-order valence-corrected chi connectivity index (χ1v) is 6.60. The fourth-order valence-electron chi connectivity index (χ4n) is 2.71. The van der Waals surface area contributed by atoms with Gasteiger partial charge in [0.05, 0.1) is 14.2 Å². The van der Waals surface area contributed by atoms with Crippen molar-refractivity contribution in [2.24, 2.45) is 0 Å². The van der Waals surface area contributed by atoms with Gasteiger partial charge in [0.25, 0.3) is 0 Å². The molecule has 0 saturated carbocycles. The molecule has 0 amide bonds. The van der Waals surface area contributed by atoms with Crippen molar-refractivity contribution in [2.75, 3.05) is 14.2 Å². The molecular weight excluding hydrogens is 256 g/mol. The van der Waals surface area contributed by atoms with Crippen molar-refractivity contribution < 1.29 is 18.9 Å². The largest absolute Gasteiger partial charge is 0.493 e.